The van der Waals surface area contributed by atoms with Crippen molar-refractivity contribution in [2.45, 2.75) is 19.4 Å². The Hall–Kier alpha value is -2.49. The van der Waals surface area contributed by atoms with Crippen LogP contribution in [0, 0.1) is 6.92 Å². The molecule has 0 aliphatic carbocycles. The standard InChI is InChI=1S/C17H23N7O2S/c1-13-11-15(22-16(20-13)21-14-3-10-27(25,26)12-14)23-6-8-24(9-7-23)17-18-4-2-5-19-17/h2,4-5,11,14H,3,6-10,12H2,1H3,(H,20,21,22). The molecular weight excluding hydrogens is 366 g/mol. The molecule has 144 valence electrons. The van der Waals surface area contributed by atoms with E-state index in [0.29, 0.717) is 12.4 Å². The number of hydrogen-bond donors (Lipinski definition) is 1. The maximum atomic E-state index is 11.7. The van der Waals surface area contributed by atoms with Crippen molar-refractivity contribution < 1.29 is 8.42 Å². The molecule has 0 amide bonds. The van der Waals surface area contributed by atoms with Gasteiger partial charge in [0.15, 0.2) is 9.84 Å². The summed E-state index contributed by atoms with van der Waals surface area (Å²) < 4.78 is 23.3. The fourth-order valence-corrected chi connectivity index (χ4v) is 5.13. The summed E-state index contributed by atoms with van der Waals surface area (Å²) in [6.07, 6.45) is 4.11. The zero-order valence-corrected chi connectivity index (χ0v) is 16.1. The minimum Gasteiger partial charge on any atom is -0.353 e. The molecule has 9 nitrogen and oxygen atoms in total. The van der Waals surface area contributed by atoms with Crippen molar-refractivity contribution in [1.82, 2.24) is 19.9 Å². The molecular formula is C17H23N7O2S. The summed E-state index contributed by atoms with van der Waals surface area (Å²) in [5.41, 5.74) is 0.858. The number of nitrogens with zero attached hydrogens (tertiary/aromatic N) is 6. The van der Waals surface area contributed by atoms with E-state index in [1.807, 2.05) is 19.1 Å². The monoisotopic (exact) mass is 389 g/mol. The average Bonchev–Trinajstić information content (AvgIpc) is 3.00. The molecule has 1 unspecified atom stereocenters. The summed E-state index contributed by atoms with van der Waals surface area (Å²) in [5, 5.41) is 3.19. The first-order valence-corrected chi connectivity index (χ1v) is 10.9. The third kappa shape index (κ3) is 4.26. The van der Waals surface area contributed by atoms with Crippen molar-refractivity contribution in [3.63, 3.8) is 0 Å². The summed E-state index contributed by atoms with van der Waals surface area (Å²) in [6, 6.07) is 3.66. The highest BCUT2D eigenvalue weighted by molar-refractivity contribution is 7.91. The summed E-state index contributed by atoms with van der Waals surface area (Å²) in [4.78, 5) is 22.0. The van der Waals surface area contributed by atoms with E-state index in [1.165, 1.54) is 0 Å². The van der Waals surface area contributed by atoms with Gasteiger partial charge in [0.1, 0.15) is 5.82 Å². The van der Waals surface area contributed by atoms with E-state index in [4.69, 9.17) is 0 Å². The van der Waals surface area contributed by atoms with Crippen molar-refractivity contribution in [3.8, 4) is 0 Å². The second-order valence-corrected chi connectivity index (χ2v) is 9.19. The molecule has 0 saturated carbocycles. The van der Waals surface area contributed by atoms with Crippen LogP contribution in [0.2, 0.25) is 0 Å². The maximum Gasteiger partial charge on any atom is 0.225 e. The van der Waals surface area contributed by atoms with Gasteiger partial charge in [-0.2, -0.15) is 4.98 Å². The van der Waals surface area contributed by atoms with E-state index in [0.717, 1.165) is 43.6 Å². The van der Waals surface area contributed by atoms with Crippen LogP contribution in [0.4, 0.5) is 17.7 Å². The minimum absolute atomic E-state index is 0.114. The average molecular weight is 389 g/mol. The zero-order valence-electron chi connectivity index (χ0n) is 15.2. The van der Waals surface area contributed by atoms with Gasteiger partial charge in [-0.1, -0.05) is 0 Å². The summed E-state index contributed by atoms with van der Waals surface area (Å²) in [7, 11) is -2.93. The van der Waals surface area contributed by atoms with E-state index in [1.54, 1.807) is 12.4 Å². The van der Waals surface area contributed by atoms with Gasteiger partial charge in [0.2, 0.25) is 11.9 Å². The Morgan fingerprint density at radius 1 is 1.07 bits per heavy atom. The number of nitrogens with one attached hydrogen (secondary N) is 1. The number of anilines is 3. The van der Waals surface area contributed by atoms with E-state index in [-0.39, 0.29) is 17.5 Å². The highest BCUT2D eigenvalue weighted by Crippen LogP contribution is 2.20. The molecule has 2 aromatic heterocycles. The van der Waals surface area contributed by atoms with Crippen LogP contribution >= 0.6 is 0 Å². The third-order valence-electron chi connectivity index (χ3n) is 4.85. The van der Waals surface area contributed by atoms with Gasteiger partial charge < -0.3 is 15.1 Å². The number of rotatable bonds is 4. The number of sulfone groups is 1. The van der Waals surface area contributed by atoms with E-state index in [9.17, 15) is 8.42 Å². The van der Waals surface area contributed by atoms with Crippen molar-refractivity contribution in [3.05, 3.63) is 30.2 Å². The molecule has 2 aliphatic rings. The van der Waals surface area contributed by atoms with Gasteiger partial charge in [0, 0.05) is 56.4 Å². The first-order chi connectivity index (χ1) is 13.0. The topological polar surface area (TPSA) is 104 Å². The lowest BCUT2D eigenvalue weighted by Crippen LogP contribution is -2.47. The zero-order chi connectivity index (χ0) is 18.9. The van der Waals surface area contributed by atoms with Gasteiger partial charge in [0.25, 0.3) is 0 Å². The summed E-state index contributed by atoms with van der Waals surface area (Å²) in [6.45, 7) is 5.18. The lowest BCUT2D eigenvalue weighted by molar-refractivity contribution is 0.602. The number of aromatic nitrogens is 4. The van der Waals surface area contributed by atoms with Crippen LogP contribution in [0.15, 0.2) is 24.5 Å². The van der Waals surface area contributed by atoms with Gasteiger partial charge in [0.05, 0.1) is 11.5 Å². The molecule has 27 heavy (non-hydrogen) atoms. The van der Waals surface area contributed by atoms with Crippen molar-refractivity contribution in [2.75, 3.05) is 52.8 Å². The first-order valence-electron chi connectivity index (χ1n) is 9.08. The van der Waals surface area contributed by atoms with E-state index in [2.05, 4.69) is 35.1 Å². The first kappa shape index (κ1) is 17.9. The molecule has 2 aliphatic heterocycles. The van der Waals surface area contributed by atoms with Crippen molar-refractivity contribution in [2.24, 2.45) is 0 Å². The molecule has 0 bridgehead atoms. The van der Waals surface area contributed by atoms with Gasteiger partial charge in [-0.05, 0) is 19.4 Å². The van der Waals surface area contributed by atoms with Crippen LogP contribution in [0.25, 0.3) is 0 Å². The second kappa shape index (κ2) is 7.26. The molecule has 0 radical (unpaired) electrons. The van der Waals surface area contributed by atoms with Crippen LogP contribution < -0.4 is 15.1 Å². The molecule has 1 N–H and O–H groups in total. The Morgan fingerprint density at radius 3 is 2.44 bits per heavy atom. The van der Waals surface area contributed by atoms with Gasteiger partial charge in [-0.15, -0.1) is 0 Å². The molecule has 10 heteroatoms. The maximum absolute atomic E-state index is 11.7. The molecule has 2 aromatic rings. The van der Waals surface area contributed by atoms with Crippen LogP contribution in [-0.4, -0.2) is 72.1 Å². The summed E-state index contributed by atoms with van der Waals surface area (Å²) >= 11 is 0. The number of aryl methyl sites for hydroxylation is 1. The predicted octanol–water partition coefficient (Wildman–Crippen LogP) is 0.501. The number of piperazine rings is 1. The molecule has 0 spiro atoms. The van der Waals surface area contributed by atoms with Gasteiger partial charge in [-0.3, -0.25) is 0 Å². The fraction of sp³-hybridized carbons (Fsp3) is 0.529. The van der Waals surface area contributed by atoms with Crippen LogP contribution in [0.3, 0.4) is 0 Å². The van der Waals surface area contributed by atoms with E-state index >= 15 is 0 Å². The SMILES string of the molecule is Cc1cc(N2CCN(c3ncccn3)CC2)nc(NC2CCS(=O)(=O)C2)n1. The highest BCUT2D eigenvalue weighted by atomic mass is 32.2. The molecule has 4 heterocycles. The van der Waals surface area contributed by atoms with Crippen LogP contribution in [0.5, 0.6) is 0 Å². The normalized spacial score (nSPS) is 22.0. The van der Waals surface area contributed by atoms with Crippen LogP contribution in [-0.2, 0) is 9.84 Å². The molecule has 0 aromatic carbocycles. The Kier molecular flexibility index (Phi) is 4.81. The third-order valence-corrected chi connectivity index (χ3v) is 6.61. The molecule has 2 fully saturated rings. The van der Waals surface area contributed by atoms with E-state index < -0.39 is 9.84 Å². The molecule has 4 rings (SSSR count). The smallest absolute Gasteiger partial charge is 0.225 e. The Labute approximate surface area is 158 Å². The Bertz CT molecular complexity index is 899. The summed E-state index contributed by atoms with van der Waals surface area (Å²) in [5.74, 6) is 2.49. The number of hydrogen-bond acceptors (Lipinski definition) is 9. The lowest BCUT2D eigenvalue weighted by Gasteiger charge is -2.35. The second-order valence-electron chi connectivity index (χ2n) is 6.96. The van der Waals surface area contributed by atoms with Crippen molar-refractivity contribution in [1.29, 1.82) is 0 Å². The van der Waals surface area contributed by atoms with Crippen LogP contribution in [0.1, 0.15) is 12.1 Å². The van der Waals surface area contributed by atoms with Gasteiger partial charge >= 0.3 is 0 Å². The molecule has 1 atom stereocenters. The molecule has 2 saturated heterocycles. The Morgan fingerprint density at radius 2 is 1.78 bits per heavy atom. The largest absolute Gasteiger partial charge is 0.353 e. The lowest BCUT2D eigenvalue weighted by atomic mass is 10.3. The highest BCUT2D eigenvalue weighted by Gasteiger charge is 2.28. The predicted molar refractivity (Wildman–Crippen MR) is 104 cm³/mol. The minimum atomic E-state index is -2.93. The van der Waals surface area contributed by atoms with Crippen molar-refractivity contribution >= 4 is 27.6 Å². The quantitative estimate of drug-likeness (QED) is 0.800. The van der Waals surface area contributed by atoms with Gasteiger partial charge in [-0.25, -0.2) is 23.4 Å². The Balaban J connectivity index is 1.43. The fourth-order valence-electron chi connectivity index (χ4n) is 3.46.